The Hall–Kier alpha value is -0.600. The van der Waals surface area contributed by atoms with Gasteiger partial charge in [-0.05, 0) is 92.4 Å². The molecule has 0 radical (unpaired) electrons. The Morgan fingerprint density at radius 2 is 1.88 bits per heavy atom. The van der Waals surface area contributed by atoms with Crippen LogP contribution in [0.5, 0.6) is 0 Å². The minimum absolute atomic E-state index is 0.0971. The van der Waals surface area contributed by atoms with Crippen LogP contribution in [-0.4, -0.2) is 23.8 Å². The van der Waals surface area contributed by atoms with Gasteiger partial charge in [-0.1, -0.05) is 44.1 Å². The predicted molar refractivity (Wildman–Crippen MR) is 107 cm³/mol. The summed E-state index contributed by atoms with van der Waals surface area (Å²) in [5.74, 6) is 3.15. The van der Waals surface area contributed by atoms with E-state index >= 15 is 0 Å². The summed E-state index contributed by atoms with van der Waals surface area (Å²) in [6.07, 6.45) is 15.0. The summed E-state index contributed by atoms with van der Waals surface area (Å²) in [6, 6.07) is 0.659. The third kappa shape index (κ3) is 2.30. The van der Waals surface area contributed by atoms with Crippen LogP contribution in [0, 0.1) is 34.5 Å². The summed E-state index contributed by atoms with van der Waals surface area (Å²) in [6.45, 7) is 8.82. The first-order chi connectivity index (χ1) is 12.4. The Bertz CT molecular complexity index is 645. The molecular formula is C24H37NO. The lowest BCUT2D eigenvalue weighted by Gasteiger charge is -2.59. The summed E-state index contributed by atoms with van der Waals surface area (Å²) in [4.78, 5) is 0. The van der Waals surface area contributed by atoms with Crippen LogP contribution in [0.25, 0.3) is 0 Å². The number of aliphatic hydroxyl groups excluding tert-OH is 1. The maximum Gasteiger partial charge on any atom is 0.0577 e. The van der Waals surface area contributed by atoms with Gasteiger partial charge in [0.25, 0.3) is 0 Å². The van der Waals surface area contributed by atoms with E-state index in [0.717, 1.165) is 30.6 Å². The van der Waals surface area contributed by atoms with Crippen LogP contribution in [-0.2, 0) is 0 Å². The zero-order valence-corrected chi connectivity index (χ0v) is 16.9. The molecule has 0 aromatic carbocycles. The van der Waals surface area contributed by atoms with Gasteiger partial charge in [-0.15, -0.1) is 0 Å². The molecule has 5 aliphatic rings. The molecule has 4 aliphatic carbocycles. The van der Waals surface area contributed by atoms with Crippen LogP contribution in [0.1, 0.15) is 72.1 Å². The highest BCUT2D eigenvalue weighted by atomic mass is 16.3. The highest BCUT2D eigenvalue weighted by Crippen LogP contribution is 2.66. The van der Waals surface area contributed by atoms with E-state index in [1.807, 2.05) is 0 Å². The molecule has 5 rings (SSSR count). The number of allylic oxidation sites excluding steroid dienone is 2. The number of fused-ring (bicyclic) bond motifs is 5. The van der Waals surface area contributed by atoms with Crippen molar-refractivity contribution in [2.75, 3.05) is 6.54 Å². The highest BCUT2D eigenvalue weighted by Gasteiger charge is 2.58. The molecule has 0 amide bonds. The fourth-order valence-electron chi connectivity index (χ4n) is 8.09. The lowest BCUT2D eigenvalue weighted by atomic mass is 9.45. The van der Waals surface area contributed by atoms with Gasteiger partial charge in [0.05, 0.1) is 6.10 Å². The standard InChI is InChI=1S/C24H37NO/c1-15-13-16-14-17(26)8-10-23(16,2)20-9-11-24(3)18(21-5-4-12-25-21)6-7-19(24)22(15)20/h6,13,15,17,19-22,25-26H,4-5,7-12,14H2,1-3H3/t15-,17-,19+,20+,21?,22+,23+,24-/m1/s1. The summed E-state index contributed by atoms with van der Waals surface area (Å²) in [5.41, 5.74) is 4.14. The lowest BCUT2D eigenvalue weighted by molar-refractivity contribution is -0.0491. The van der Waals surface area contributed by atoms with Gasteiger partial charge in [-0.3, -0.25) is 0 Å². The van der Waals surface area contributed by atoms with E-state index < -0.39 is 0 Å². The zero-order chi connectivity index (χ0) is 18.1. The fraction of sp³-hybridized carbons (Fsp3) is 0.833. The summed E-state index contributed by atoms with van der Waals surface area (Å²) >= 11 is 0. The molecule has 1 unspecified atom stereocenters. The van der Waals surface area contributed by atoms with E-state index in [4.69, 9.17) is 0 Å². The quantitative estimate of drug-likeness (QED) is 0.659. The molecule has 2 nitrogen and oxygen atoms in total. The first kappa shape index (κ1) is 17.5. The van der Waals surface area contributed by atoms with Crippen molar-refractivity contribution in [3.63, 3.8) is 0 Å². The molecule has 3 fully saturated rings. The van der Waals surface area contributed by atoms with Crippen molar-refractivity contribution >= 4 is 0 Å². The molecule has 1 heterocycles. The molecule has 0 spiro atoms. The van der Waals surface area contributed by atoms with Gasteiger partial charge < -0.3 is 10.4 Å². The third-order valence-corrected chi connectivity index (χ3v) is 9.48. The van der Waals surface area contributed by atoms with Crippen molar-refractivity contribution in [1.29, 1.82) is 0 Å². The number of hydrogen-bond acceptors (Lipinski definition) is 2. The molecule has 2 saturated carbocycles. The van der Waals surface area contributed by atoms with Crippen LogP contribution in [0.2, 0.25) is 0 Å². The molecule has 26 heavy (non-hydrogen) atoms. The molecule has 0 aromatic heterocycles. The minimum Gasteiger partial charge on any atom is -0.393 e. The Kier molecular flexibility index (Phi) is 4.00. The van der Waals surface area contributed by atoms with E-state index in [9.17, 15) is 5.11 Å². The van der Waals surface area contributed by atoms with Crippen LogP contribution in [0.15, 0.2) is 23.3 Å². The number of aliphatic hydroxyl groups is 1. The van der Waals surface area contributed by atoms with Crippen molar-refractivity contribution in [3.05, 3.63) is 23.3 Å². The van der Waals surface area contributed by atoms with Crippen LogP contribution >= 0.6 is 0 Å². The molecule has 0 bridgehead atoms. The minimum atomic E-state index is -0.0971. The summed E-state index contributed by atoms with van der Waals surface area (Å²) in [7, 11) is 0. The van der Waals surface area contributed by atoms with Crippen molar-refractivity contribution in [2.24, 2.45) is 34.5 Å². The predicted octanol–water partition coefficient (Wildman–Crippen LogP) is 4.84. The SMILES string of the molecule is C[C@@H]1C=C2C[C@H](O)CC[C@]2(C)[C@H]2CC[C@]3(C)C(C4CCCN4)=CC[C@H]3[C@H]12. The Morgan fingerprint density at radius 1 is 1.08 bits per heavy atom. The Labute approximate surface area is 159 Å². The number of hydrogen-bond donors (Lipinski definition) is 2. The second kappa shape index (κ2) is 5.95. The second-order valence-corrected chi connectivity index (χ2v) is 10.7. The van der Waals surface area contributed by atoms with E-state index in [2.05, 4.69) is 38.2 Å². The van der Waals surface area contributed by atoms with Gasteiger partial charge in [0.1, 0.15) is 0 Å². The van der Waals surface area contributed by atoms with Crippen LogP contribution in [0.3, 0.4) is 0 Å². The Morgan fingerprint density at radius 3 is 2.65 bits per heavy atom. The third-order valence-electron chi connectivity index (χ3n) is 9.48. The first-order valence-corrected chi connectivity index (χ1v) is 11.3. The molecule has 2 heteroatoms. The van der Waals surface area contributed by atoms with E-state index in [0.29, 0.717) is 22.8 Å². The average Bonchev–Trinajstić information content (AvgIpc) is 3.23. The number of rotatable bonds is 1. The van der Waals surface area contributed by atoms with Crippen molar-refractivity contribution in [2.45, 2.75) is 84.3 Å². The molecule has 2 N–H and O–H groups in total. The van der Waals surface area contributed by atoms with Gasteiger partial charge in [0.2, 0.25) is 0 Å². The normalized spacial score (nSPS) is 53.4. The molecule has 1 saturated heterocycles. The number of nitrogens with one attached hydrogen (secondary N) is 1. The fourth-order valence-corrected chi connectivity index (χ4v) is 8.09. The van der Waals surface area contributed by atoms with E-state index in [1.54, 1.807) is 11.1 Å². The van der Waals surface area contributed by atoms with E-state index in [1.165, 1.54) is 45.1 Å². The molecule has 0 aromatic rings. The maximum atomic E-state index is 10.2. The van der Waals surface area contributed by atoms with E-state index in [-0.39, 0.29) is 6.10 Å². The van der Waals surface area contributed by atoms with Crippen LogP contribution < -0.4 is 5.32 Å². The smallest absolute Gasteiger partial charge is 0.0577 e. The largest absolute Gasteiger partial charge is 0.393 e. The van der Waals surface area contributed by atoms with Gasteiger partial charge in [-0.25, -0.2) is 0 Å². The molecular weight excluding hydrogens is 318 g/mol. The Balaban J connectivity index is 1.48. The molecule has 1 aliphatic heterocycles. The maximum absolute atomic E-state index is 10.2. The van der Waals surface area contributed by atoms with Gasteiger partial charge >= 0.3 is 0 Å². The van der Waals surface area contributed by atoms with Gasteiger partial charge in [-0.2, -0.15) is 0 Å². The highest BCUT2D eigenvalue weighted by molar-refractivity contribution is 5.33. The van der Waals surface area contributed by atoms with Crippen molar-refractivity contribution in [1.82, 2.24) is 5.32 Å². The monoisotopic (exact) mass is 355 g/mol. The van der Waals surface area contributed by atoms with Crippen molar-refractivity contribution < 1.29 is 5.11 Å². The average molecular weight is 356 g/mol. The summed E-state index contributed by atoms with van der Waals surface area (Å²) in [5, 5.41) is 14.0. The summed E-state index contributed by atoms with van der Waals surface area (Å²) < 4.78 is 0. The van der Waals surface area contributed by atoms with Gasteiger partial charge in [0, 0.05) is 6.04 Å². The zero-order valence-electron chi connectivity index (χ0n) is 16.9. The lowest BCUT2D eigenvalue weighted by Crippen LogP contribution is -2.53. The van der Waals surface area contributed by atoms with Crippen molar-refractivity contribution in [3.8, 4) is 0 Å². The topological polar surface area (TPSA) is 32.3 Å². The molecule has 8 atom stereocenters. The first-order valence-electron chi connectivity index (χ1n) is 11.3. The molecule has 144 valence electrons. The van der Waals surface area contributed by atoms with Gasteiger partial charge in [0.15, 0.2) is 0 Å². The van der Waals surface area contributed by atoms with Crippen LogP contribution in [0.4, 0.5) is 0 Å². The second-order valence-electron chi connectivity index (χ2n) is 10.7.